The lowest BCUT2D eigenvalue weighted by Crippen LogP contribution is -2.46. The first-order valence-corrected chi connectivity index (χ1v) is 10.1. The van der Waals surface area contributed by atoms with E-state index in [1.165, 1.54) is 32.1 Å². The lowest BCUT2D eigenvalue weighted by molar-refractivity contribution is 0.229. The van der Waals surface area contributed by atoms with Crippen molar-refractivity contribution in [1.29, 1.82) is 0 Å². The zero-order valence-electron chi connectivity index (χ0n) is 16.5. The van der Waals surface area contributed by atoms with Gasteiger partial charge in [0.2, 0.25) is 0 Å². The van der Waals surface area contributed by atoms with Crippen molar-refractivity contribution in [3.8, 4) is 0 Å². The number of rotatable bonds is 8. The Morgan fingerprint density at radius 1 is 1.28 bits per heavy atom. The molecule has 0 saturated heterocycles. The molecule has 1 aromatic rings. The lowest BCUT2D eigenvalue weighted by Gasteiger charge is -2.33. The Morgan fingerprint density at radius 3 is 2.72 bits per heavy atom. The first-order chi connectivity index (χ1) is 12.2. The molecule has 2 atom stereocenters. The van der Waals surface area contributed by atoms with Crippen molar-refractivity contribution >= 4 is 5.96 Å². The largest absolute Gasteiger partial charge is 0.357 e. The second kappa shape index (κ2) is 10.4. The predicted molar refractivity (Wildman–Crippen MR) is 104 cm³/mol. The number of aliphatic imine (C=N–C) groups is 1. The monoisotopic (exact) mass is 348 g/mol. The molecule has 6 nitrogen and oxygen atoms in total. The quantitative estimate of drug-likeness (QED) is 0.560. The third kappa shape index (κ3) is 6.01. The molecule has 2 N–H and O–H groups in total. The molecule has 142 valence electrons. The highest BCUT2D eigenvalue weighted by Gasteiger charge is 2.24. The Hall–Kier alpha value is -1.59. The maximum absolute atomic E-state index is 4.75. The van der Waals surface area contributed by atoms with E-state index in [9.17, 15) is 0 Å². The third-order valence-electron chi connectivity index (χ3n) is 5.51. The lowest BCUT2D eigenvalue weighted by atomic mass is 9.78. The SMILES string of the molecule is CCNC(=NCCn1cnnc1CC)NC(C)C(C)C1CCCCC1. The highest BCUT2D eigenvalue weighted by Crippen LogP contribution is 2.31. The summed E-state index contributed by atoms with van der Waals surface area (Å²) in [6.45, 7) is 11.3. The van der Waals surface area contributed by atoms with Gasteiger partial charge in [0.15, 0.2) is 5.96 Å². The van der Waals surface area contributed by atoms with E-state index in [0.29, 0.717) is 12.0 Å². The maximum atomic E-state index is 4.75. The van der Waals surface area contributed by atoms with E-state index in [1.54, 1.807) is 6.33 Å². The number of nitrogens with zero attached hydrogens (tertiary/aromatic N) is 4. The second-order valence-corrected chi connectivity index (χ2v) is 7.24. The van der Waals surface area contributed by atoms with Crippen molar-refractivity contribution < 1.29 is 0 Å². The van der Waals surface area contributed by atoms with Gasteiger partial charge in [-0.3, -0.25) is 4.99 Å². The molecule has 1 aliphatic rings. The summed E-state index contributed by atoms with van der Waals surface area (Å²) < 4.78 is 2.08. The van der Waals surface area contributed by atoms with Crippen LogP contribution >= 0.6 is 0 Å². The minimum absolute atomic E-state index is 0.432. The van der Waals surface area contributed by atoms with Crippen molar-refractivity contribution in [1.82, 2.24) is 25.4 Å². The summed E-state index contributed by atoms with van der Waals surface area (Å²) >= 11 is 0. The molecule has 1 aromatic heterocycles. The summed E-state index contributed by atoms with van der Waals surface area (Å²) in [7, 11) is 0. The van der Waals surface area contributed by atoms with Gasteiger partial charge in [-0.05, 0) is 25.7 Å². The van der Waals surface area contributed by atoms with Gasteiger partial charge in [0.25, 0.3) is 0 Å². The zero-order chi connectivity index (χ0) is 18.1. The Morgan fingerprint density at radius 2 is 2.04 bits per heavy atom. The molecule has 1 fully saturated rings. The Bertz CT molecular complexity index is 518. The fourth-order valence-electron chi connectivity index (χ4n) is 3.74. The number of hydrogen-bond acceptors (Lipinski definition) is 3. The fraction of sp³-hybridized carbons (Fsp3) is 0.842. The van der Waals surface area contributed by atoms with E-state index in [-0.39, 0.29) is 0 Å². The molecule has 0 aliphatic heterocycles. The van der Waals surface area contributed by atoms with E-state index < -0.39 is 0 Å². The van der Waals surface area contributed by atoms with Crippen molar-refractivity contribution in [3.63, 3.8) is 0 Å². The molecule has 1 heterocycles. The summed E-state index contributed by atoms with van der Waals surface area (Å²) in [6, 6.07) is 0.432. The number of hydrogen-bond donors (Lipinski definition) is 2. The Balaban J connectivity index is 1.87. The van der Waals surface area contributed by atoms with E-state index in [4.69, 9.17) is 4.99 Å². The minimum atomic E-state index is 0.432. The van der Waals surface area contributed by atoms with Crippen LogP contribution in [-0.2, 0) is 13.0 Å². The van der Waals surface area contributed by atoms with Gasteiger partial charge >= 0.3 is 0 Å². The summed E-state index contributed by atoms with van der Waals surface area (Å²) in [5.74, 6) is 3.47. The highest BCUT2D eigenvalue weighted by atomic mass is 15.3. The normalized spacial score (nSPS) is 18.8. The molecule has 0 amide bonds. The van der Waals surface area contributed by atoms with Crippen LogP contribution in [0.3, 0.4) is 0 Å². The number of aryl methyl sites for hydroxylation is 1. The molecule has 0 radical (unpaired) electrons. The smallest absolute Gasteiger partial charge is 0.191 e. The predicted octanol–water partition coefficient (Wildman–Crippen LogP) is 3.00. The van der Waals surface area contributed by atoms with Gasteiger partial charge < -0.3 is 15.2 Å². The Labute approximate surface area is 152 Å². The van der Waals surface area contributed by atoms with E-state index in [0.717, 1.165) is 43.8 Å². The Kier molecular flexibility index (Phi) is 8.22. The summed E-state index contributed by atoms with van der Waals surface area (Å²) in [5, 5.41) is 15.1. The topological polar surface area (TPSA) is 67.1 Å². The molecular formula is C19H36N6. The van der Waals surface area contributed by atoms with Gasteiger partial charge in [-0.2, -0.15) is 0 Å². The number of guanidine groups is 1. The minimum Gasteiger partial charge on any atom is -0.357 e. The van der Waals surface area contributed by atoms with Gasteiger partial charge in [0.05, 0.1) is 6.54 Å². The summed E-state index contributed by atoms with van der Waals surface area (Å²) in [5.41, 5.74) is 0. The summed E-state index contributed by atoms with van der Waals surface area (Å²) in [4.78, 5) is 4.75. The number of aromatic nitrogens is 3. The fourth-order valence-corrected chi connectivity index (χ4v) is 3.74. The third-order valence-corrected chi connectivity index (χ3v) is 5.51. The van der Waals surface area contributed by atoms with Gasteiger partial charge in [-0.1, -0.05) is 46.0 Å². The van der Waals surface area contributed by atoms with Crippen LogP contribution in [0.15, 0.2) is 11.3 Å². The van der Waals surface area contributed by atoms with Crippen molar-refractivity contribution in [2.45, 2.75) is 78.8 Å². The van der Waals surface area contributed by atoms with Crippen LogP contribution in [0.4, 0.5) is 0 Å². The van der Waals surface area contributed by atoms with Crippen LogP contribution in [0.5, 0.6) is 0 Å². The molecular weight excluding hydrogens is 312 g/mol. The standard InChI is InChI=1S/C19H36N6/c1-5-18-24-22-14-25(18)13-12-21-19(20-6-2)23-16(4)15(3)17-10-8-7-9-11-17/h14-17H,5-13H2,1-4H3,(H2,20,21,23). The van der Waals surface area contributed by atoms with Crippen LogP contribution in [0.2, 0.25) is 0 Å². The molecule has 2 unspecified atom stereocenters. The van der Waals surface area contributed by atoms with Crippen LogP contribution < -0.4 is 10.6 Å². The molecule has 25 heavy (non-hydrogen) atoms. The maximum Gasteiger partial charge on any atom is 0.191 e. The van der Waals surface area contributed by atoms with Gasteiger partial charge in [-0.15, -0.1) is 10.2 Å². The van der Waals surface area contributed by atoms with Crippen molar-refractivity contribution in [2.24, 2.45) is 16.8 Å². The van der Waals surface area contributed by atoms with E-state index >= 15 is 0 Å². The van der Waals surface area contributed by atoms with Crippen molar-refractivity contribution in [2.75, 3.05) is 13.1 Å². The molecule has 6 heteroatoms. The summed E-state index contributed by atoms with van der Waals surface area (Å²) in [6.07, 6.45) is 9.67. The van der Waals surface area contributed by atoms with Crippen LogP contribution in [0.25, 0.3) is 0 Å². The molecule has 1 aliphatic carbocycles. The van der Waals surface area contributed by atoms with Crippen molar-refractivity contribution in [3.05, 3.63) is 12.2 Å². The number of nitrogens with one attached hydrogen (secondary N) is 2. The molecule has 1 saturated carbocycles. The van der Waals surface area contributed by atoms with Crippen LogP contribution in [0.1, 0.15) is 65.6 Å². The highest BCUT2D eigenvalue weighted by molar-refractivity contribution is 5.80. The second-order valence-electron chi connectivity index (χ2n) is 7.24. The average Bonchev–Trinajstić information content (AvgIpc) is 3.09. The van der Waals surface area contributed by atoms with Crippen LogP contribution in [0, 0.1) is 11.8 Å². The van der Waals surface area contributed by atoms with Gasteiger partial charge in [-0.25, -0.2) is 0 Å². The van der Waals surface area contributed by atoms with E-state index in [1.807, 2.05) is 0 Å². The molecule has 2 rings (SSSR count). The molecule has 0 aromatic carbocycles. The average molecular weight is 349 g/mol. The molecule has 0 spiro atoms. The first-order valence-electron chi connectivity index (χ1n) is 10.1. The van der Waals surface area contributed by atoms with Crippen LogP contribution in [-0.4, -0.2) is 39.9 Å². The van der Waals surface area contributed by atoms with E-state index in [2.05, 4.69) is 53.1 Å². The van der Waals surface area contributed by atoms with Gasteiger partial charge in [0, 0.05) is 25.6 Å². The zero-order valence-corrected chi connectivity index (χ0v) is 16.5. The van der Waals surface area contributed by atoms with Gasteiger partial charge in [0.1, 0.15) is 12.2 Å². The first kappa shape index (κ1) is 19.7. The molecule has 0 bridgehead atoms.